The van der Waals surface area contributed by atoms with E-state index in [9.17, 15) is 0 Å². The fourth-order valence-electron chi connectivity index (χ4n) is 6.76. The predicted octanol–water partition coefficient (Wildman–Crippen LogP) is 6.87. The SMILES string of the molecule is CC.CC12CCCC1C1CC=C3CC(OSO)CCC3(C)C1CC2. The molecule has 6 atom stereocenters. The second-order valence-electron chi connectivity index (χ2n) is 8.88. The first-order chi connectivity index (χ1) is 11.6. The van der Waals surface area contributed by atoms with Crippen LogP contribution in [-0.4, -0.2) is 10.7 Å². The summed E-state index contributed by atoms with van der Waals surface area (Å²) >= 11 is 0.554. The van der Waals surface area contributed by atoms with E-state index in [-0.39, 0.29) is 6.10 Å². The summed E-state index contributed by atoms with van der Waals surface area (Å²) in [4.78, 5) is 0. The molecule has 0 heterocycles. The molecule has 0 aromatic rings. The van der Waals surface area contributed by atoms with Gasteiger partial charge in [0.15, 0.2) is 12.3 Å². The normalized spacial score (nSPS) is 46.8. The van der Waals surface area contributed by atoms with Crippen molar-refractivity contribution in [1.82, 2.24) is 0 Å². The van der Waals surface area contributed by atoms with Gasteiger partial charge in [-0.25, -0.2) is 0 Å². The van der Waals surface area contributed by atoms with Gasteiger partial charge in [0, 0.05) is 0 Å². The molecule has 0 aromatic carbocycles. The predicted molar refractivity (Wildman–Crippen MR) is 103 cm³/mol. The molecule has 0 radical (unpaired) electrons. The highest BCUT2D eigenvalue weighted by Crippen LogP contribution is 2.64. The van der Waals surface area contributed by atoms with Crippen LogP contribution >= 0.6 is 12.3 Å². The molecule has 0 bridgehead atoms. The monoisotopic (exact) mass is 352 g/mol. The summed E-state index contributed by atoms with van der Waals surface area (Å²) in [5.74, 6) is 2.80. The first-order valence-electron chi connectivity index (χ1n) is 10.2. The molecule has 4 aliphatic carbocycles. The molecule has 3 saturated carbocycles. The second kappa shape index (κ2) is 7.32. The number of hydrogen-bond acceptors (Lipinski definition) is 3. The van der Waals surface area contributed by atoms with Crippen molar-refractivity contribution in [2.75, 3.05) is 0 Å². The van der Waals surface area contributed by atoms with Gasteiger partial charge in [-0.15, -0.1) is 0 Å². The average molecular weight is 353 g/mol. The van der Waals surface area contributed by atoms with Gasteiger partial charge in [0.05, 0.1) is 6.10 Å². The van der Waals surface area contributed by atoms with Crippen LogP contribution in [0.15, 0.2) is 11.6 Å². The molecule has 24 heavy (non-hydrogen) atoms. The summed E-state index contributed by atoms with van der Waals surface area (Å²) in [6.45, 7) is 9.11. The lowest BCUT2D eigenvalue weighted by molar-refractivity contribution is -0.0330. The highest BCUT2D eigenvalue weighted by Gasteiger charge is 2.55. The maximum absolute atomic E-state index is 8.97. The van der Waals surface area contributed by atoms with Gasteiger partial charge < -0.3 is 4.55 Å². The van der Waals surface area contributed by atoms with Gasteiger partial charge in [-0.2, -0.15) is 0 Å². The van der Waals surface area contributed by atoms with Crippen molar-refractivity contribution in [3.05, 3.63) is 11.6 Å². The van der Waals surface area contributed by atoms with Gasteiger partial charge in [0.1, 0.15) is 0 Å². The minimum absolute atomic E-state index is 0.214. The fraction of sp³-hybridized carbons (Fsp3) is 0.905. The van der Waals surface area contributed by atoms with Crippen LogP contribution < -0.4 is 0 Å². The topological polar surface area (TPSA) is 29.5 Å². The Labute approximate surface area is 153 Å². The minimum Gasteiger partial charge on any atom is -0.307 e. The van der Waals surface area contributed by atoms with Crippen molar-refractivity contribution in [3.63, 3.8) is 0 Å². The van der Waals surface area contributed by atoms with Crippen molar-refractivity contribution in [2.45, 2.75) is 91.6 Å². The Hall–Kier alpha value is 0.01000. The first-order valence-corrected chi connectivity index (χ1v) is 10.9. The third kappa shape index (κ3) is 2.99. The molecule has 138 valence electrons. The number of allylic oxidation sites excluding steroid dienone is 1. The van der Waals surface area contributed by atoms with Gasteiger partial charge >= 0.3 is 0 Å². The first kappa shape index (κ1) is 18.8. The molecule has 0 amide bonds. The van der Waals surface area contributed by atoms with E-state index >= 15 is 0 Å². The van der Waals surface area contributed by atoms with Gasteiger partial charge in [-0.05, 0) is 80.0 Å². The van der Waals surface area contributed by atoms with Crippen LogP contribution in [0.1, 0.15) is 85.5 Å². The summed E-state index contributed by atoms with van der Waals surface area (Å²) in [6, 6.07) is 0. The summed E-state index contributed by atoms with van der Waals surface area (Å²) < 4.78 is 14.4. The second-order valence-corrected chi connectivity index (χ2v) is 9.22. The van der Waals surface area contributed by atoms with E-state index in [1.165, 1.54) is 44.9 Å². The largest absolute Gasteiger partial charge is 0.307 e. The van der Waals surface area contributed by atoms with Crippen LogP contribution in [0.5, 0.6) is 0 Å². The Morgan fingerprint density at radius 2 is 1.88 bits per heavy atom. The third-order valence-corrected chi connectivity index (χ3v) is 8.38. The quantitative estimate of drug-likeness (QED) is 0.434. The highest BCUT2D eigenvalue weighted by molar-refractivity contribution is 7.88. The maximum atomic E-state index is 8.97. The molecule has 0 aromatic heterocycles. The molecule has 0 aliphatic heterocycles. The molecule has 0 saturated heterocycles. The van der Waals surface area contributed by atoms with Crippen molar-refractivity contribution >= 4 is 12.3 Å². The summed E-state index contributed by atoms with van der Waals surface area (Å²) in [5, 5.41) is 0. The molecule has 1 N–H and O–H groups in total. The van der Waals surface area contributed by atoms with E-state index in [1.807, 2.05) is 13.8 Å². The molecule has 4 aliphatic rings. The fourth-order valence-corrected chi connectivity index (χ4v) is 7.05. The molecule has 2 nitrogen and oxygen atoms in total. The minimum atomic E-state index is 0.214. The third-order valence-electron chi connectivity index (χ3n) is 8.02. The number of rotatable bonds is 2. The average Bonchev–Trinajstić information content (AvgIpc) is 2.99. The van der Waals surface area contributed by atoms with E-state index in [4.69, 9.17) is 8.74 Å². The zero-order valence-electron chi connectivity index (χ0n) is 16.0. The van der Waals surface area contributed by atoms with Crippen molar-refractivity contribution in [1.29, 1.82) is 0 Å². The van der Waals surface area contributed by atoms with E-state index in [1.54, 1.807) is 5.57 Å². The van der Waals surface area contributed by atoms with E-state index < -0.39 is 0 Å². The van der Waals surface area contributed by atoms with Crippen LogP contribution in [0.2, 0.25) is 0 Å². The molecule has 3 heteroatoms. The molecular weight excluding hydrogens is 316 g/mol. The smallest absolute Gasteiger partial charge is 0.155 e. The molecule has 6 unspecified atom stereocenters. The number of hydrogen-bond donors (Lipinski definition) is 1. The van der Waals surface area contributed by atoms with Crippen LogP contribution in [0.25, 0.3) is 0 Å². The lowest BCUT2D eigenvalue weighted by atomic mass is 9.48. The van der Waals surface area contributed by atoms with Gasteiger partial charge in [-0.1, -0.05) is 45.8 Å². The summed E-state index contributed by atoms with van der Waals surface area (Å²) in [6.07, 6.45) is 14.8. The van der Waals surface area contributed by atoms with Gasteiger partial charge in [-0.3, -0.25) is 4.18 Å². The summed E-state index contributed by atoms with van der Waals surface area (Å²) in [5.41, 5.74) is 2.70. The van der Waals surface area contributed by atoms with Crippen LogP contribution in [0, 0.1) is 28.6 Å². The van der Waals surface area contributed by atoms with Gasteiger partial charge in [0.2, 0.25) is 0 Å². The maximum Gasteiger partial charge on any atom is 0.155 e. The molecule has 0 spiro atoms. The zero-order valence-corrected chi connectivity index (χ0v) is 16.8. The summed E-state index contributed by atoms with van der Waals surface area (Å²) in [7, 11) is 0. The van der Waals surface area contributed by atoms with E-state index in [0.29, 0.717) is 23.2 Å². The lowest BCUT2D eigenvalue weighted by Crippen LogP contribution is -2.49. The number of fused-ring (bicyclic) bond motifs is 5. The Kier molecular flexibility index (Phi) is 5.74. The van der Waals surface area contributed by atoms with Crippen LogP contribution in [0.4, 0.5) is 0 Å². The molecular formula is C21H36O2S. The molecule has 3 fully saturated rings. The van der Waals surface area contributed by atoms with E-state index in [0.717, 1.165) is 30.6 Å². The van der Waals surface area contributed by atoms with Crippen LogP contribution in [0.3, 0.4) is 0 Å². The zero-order chi connectivity index (χ0) is 17.4. The van der Waals surface area contributed by atoms with Gasteiger partial charge in [0.25, 0.3) is 0 Å². The Morgan fingerprint density at radius 3 is 2.62 bits per heavy atom. The molecule has 4 rings (SSSR count). The van der Waals surface area contributed by atoms with Crippen molar-refractivity contribution in [3.8, 4) is 0 Å². The highest BCUT2D eigenvalue weighted by atomic mass is 32.2. The standard InChI is InChI=1S/C19H30O2S.C2H6/c1-18-9-3-4-16(18)15-6-5-13-12-14(21-22-20)7-11-19(13,2)17(15)8-10-18;1-2/h5,14-17,20H,3-4,6-12H2,1-2H3;1-2H3. The Balaban J connectivity index is 0.000000815. The van der Waals surface area contributed by atoms with E-state index in [2.05, 4.69) is 19.9 Å². The Morgan fingerprint density at radius 1 is 1.08 bits per heavy atom. The lowest BCUT2D eigenvalue weighted by Gasteiger charge is -2.57. The van der Waals surface area contributed by atoms with Crippen LogP contribution in [-0.2, 0) is 4.18 Å². The Bertz CT molecular complexity index is 476. The van der Waals surface area contributed by atoms with Crippen molar-refractivity contribution < 1.29 is 8.74 Å². The van der Waals surface area contributed by atoms with Crippen molar-refractivity contribution in [2.24, 2.45) is 28.6 Å².